The predicted molar refractivity (Wildman–Crippen MR) is 78.5 cm³/mol. The maximum atomic E-state index is 11.8. The summed E-state index contributed by atoms with van der Waals surface area (Å²) in [6.07, 6.45) is 6.95. The second kappa shape index (κ2) is 7.89. The average molecular weight is 282 g/mol. The third kappa shape index (κ3) is 5.61. The lowest BCUT2D eigenvalue weighted by Crippen LogP contribution is -2.50. The minimum atomic E-state index is -0.345. The molecule has 2 amide bonds. The van der Waals surface area contributed by atoms with Crippen LogP contribution in [0.25, 0.3) is 0 Å². The van der Waals surface area contributed by atoms with Gasteiger partial charge < -0.3 is 15.7 Å². The third-order valence-electron chi connectivity index (χ3n) is 3.55. The van der Waals surface area contributed by atoms with Gasteiger partial charge in [0.15, 0.2) is 0 Å². The van der Waals surface area contributed by atoms with Crippen molar-refractivity contribution in [2.45, 2.75) is 45.1 Å². The van der Waals surface area contributed by atoms with E-state index in [1.165, 1.54) is 5.56 Å². The first kappa shape index (κ1) is 16.5. The van der Waals surface area contributed by atoms with Gasteiger partial charge in [0.25, 0.3) is 0 Å². The molecule has 6 nitrogen and oxygen atoms in total. The summed E-state index contributed by atoms with van der Waals surface area (Å²) < 4.78 is 1.77. The number of carbonyl (C=O) groups is 1. The highest BCUT2D eigenvalue weighted by molar-refractivity contribution is 5.74. The molecule has 6 heteroatoms. The molecule has 0 aromatic carbocycles. The molecule has 0 aliphatic carbocycles. The SMILES string of the molecule is CCC(C)(CCO)NC(=O)NCCCc1cnn(C)c1. The number of hydrogen-bond acceptors (Lipinski definition) is 3. The maximum absolute atomic E-state index is 11.8. The fraction of sp³-hybridized carbons (Fsp3) is 0.714. The Bertz CT molecular complexity index is 419. The molecule has 0 aliphatic rings. The number of aromatic nitrogens is 2. The van der Waals surface area contributed by atoms with Crippen LogP contribution in [0.2, 0.25) is 0 Å². The molecule has 0 bridgehead atoms. The van der Waals surface area contributed by atoms with E-state index in [1.807, 2.05) is 33.3 Å². The fourth-order valence-electron chi connectivity index (χ4n) is 1.99. The van der Waals surface area contributed by atoms with Gasteiger partial charge >= 0.3 is 6.03 Å². The minimum absolute atomic E-state index is 0.0750. The largest absolute Gasteiger partial charge is 0.396 e. The number of rotatable bonds is 8. The lowest BCUT2D eigenvalue weighted by molar-refractivity contribution is 0.201. The van der Waals surface area contributed by atoms with Crippen LogP contribution in [-0.4, -0.2) is 39.6 Å². The molecular weight excluding hydrogens is 256 g/mol. The number of aryl methyl sites for hydroxylation is 2. The minimum Gasteiger partial charge on any atom is -0.396 e. The zero-order chi connectivity index (χ0) is 15.0. The van der Waals surface area contributed by atoms with Crippen LogP contribution in [-0.2, 0) is 13.5 Å². The molecule has 1 heterocycles. The second-order valence-corrected chi connectivity index (χ2v) is 5.39. The quantitative estimate of drug-likeness (QED) is 0.627. The summed E-state index contributed by atoms with van der Waals surface area (Å²) in [4.78, 5) is 11.8. The standard InChI is InChI=1S/C14H26N4O2/c1-4-14(2,7-9-19)17-13(20)15-8-5-6-12-10-16-18(3)11-12/h10-11,19H,4-9H2,1-3H3,(H2,15,17,20). The lowest BCUT2D eigenvalue weighted by atomic mass is 9.95. The van der Waals surface area contributed by atoms with Gasteiger partial charge in [0.05, 0.1) is 6.20 Å². The van der Waals surface area contributed by atoms with Gasteiger partial charge in [-0.2, -0.15) is 5.10 Å². The van der Waals surface area contributed by atoms with Crippen LogP contribution in [0.5, 0.6) is 0 Å². The van der Waals surface area contributed by atoms with Crippen molar-refractivity contribution >= 4 is 6.03 Å². The maximum Gasteiger partial charge on any atom is 0.315 e. The fourth-order valence-corrected chi connectivity index (χ4v) is 1.99. The first-order chi connectivity index (χ1) is 9.49. The summed E-state index contributed by atoms with van der Waals surface area (Å²) >= 11 is 0. The Balaban J connectivity index is 2.22. The van der Waals surface area contributed by atoms with E-state index in [0.29, 0.717) is 13.0 Å². The molecule has 1 aromatic rings. The Kier molecular flexibility index (Phi) is 6.51. The normalized spacial score (nSPS) is 13.8. The number of carbonyl (C=O) groups excluding carboxylic acids is 1. The summed E-state index contributed by atoms with van der Waals surface area (Å²) in [6.45, 7) is 4.64. The lowest BCUT2D eigenvalue weighted by Gasteiger charge is -2.29. The Labute approximate surface area is 120 Å². The van der Waals surface area contributed by atoms with Crippen molar-refractivity contribution in [1.29, 1.82) is 0 Å². The second-order valence-electron chi connectivity index (χ2n) is 5.39. The monoisotopic (exact) mass is 282 g/mol. The highest BCUT2D eigenvalue weighted by Crippen LogP contribution is 2.13. The summed E-state index contributed by atoms with van der Waals surface area (Å²) in [5.74, 6) is 0. The third-order valence-corrected chi connectivity index (χ3v) is 3.55. The first-order valence-corrected chi connectivity index (χ1v) is 7.13. The van der Waals surface area contributed by atoms with Crippen LogP contribution in [0.4, 0.5) is 4.79 Å². The van der Waals surface area contributed by atoms with Crippen molar-refractivity contribution in [1.82, 2.24) is 20.4 Å². The van der Waals surface area contributed by atoms with Crippen LogP contribution in [0, 0.1) is 0 Å². The van der Waals surface area contributed by atoms with Crippen molar-refractivity contribution < 1.29 is 9.90 Å². The van der Waals surface area contributed by atoms with E-state index in [4.69, 9.17) is 5.11 Å². The zero-order valence-corrected chi connectivity index (χ0v) is 12.6. The average Bonchev–Trinajstić information content (AvgIpc) is 2.81. The molecule has 1 aromatic heterocycles. The van der Waals surface area contributed by atoms with Gasteiger partial charge in [-0.15, -0.1) is 0 Å². The van der Waals surface area contributed by atoms with Gasteiger partial charge in [0, 0.05) is 31.9 Å². The molecular formula is C14H26N4O2. The highest BCUT2D eigenvalue weighted by atomic mass is 16.3. The molecule has 20 heavy (non-hydrogen) atoms. The first-order valence-electron chi connectivity index (χ1n) is 7.13. The van der Waals surface area contributed by atoms with E-state index >= 15 is 0 Å². The smallest absolute Gasteiger partial charge is 0.315 e. The number of nitrogens with zero attached hydrogens (tertiary/aromatic N) is 2. The summed E-state index contributed by atoms with van der Waals surface area (Å²) in [7, 11) is 1.89. The molecule has 0 aliphatic heterocycles. The van der Waals surface area contributed by atoms with Crippen molar-refractivity contribution in [2.24, 2.45) is 7.05 Å². The number of aliphatic hydroxyl groups is 1. The molecule has 1 rings (SSSR count). The zero-order valence-electron chi connectivity index (χ0n) is 12.6. The Morgan fingerprint density at radius 3 is 2.85 bits per heavy atom. The Morgan fingerprint density at radius 1 is 1.55 bits per heavy atom. The van der Waals surface area contributed by atoms with Gasteiger partial charge in [0.1, 0.15) is 0 Å². The van der Waals surface area contributed by atoms with Gasteiger partial charge in [-0.1, -0.05) is 6.92 Å². The van der Waals surface area contributed by atoms with Gasteiger partial charge in [-0.05, 0) is 38.2 Å². The summed E-state index contributed by atoms with van der Waals surface area (Å²) in [5, 5.41) is 18.9. The van der Waals surface area contributed by atoms with E-state index in [2.05, 4.69) is 15.7 Å². The molecule has 3 N–H and O–H groups in total. The number of hydrogen-bond donors (Lipinski definition) is 3. The Hall–Kier alpha value is -1.56. The van der Waals surface area contributed by atoms with Gasteiger partial charge in [0.2, 0.25) is 0 Å². The molecule has 0 spiro atoms. The van der Waals surface area contributed by atoms with Crippen molar-refractivity contribution in [2.75, 3.05) is 13.2 Å². The molecule has 1 atom stereocenters. The van der Waals surface area contributed by atoms with E-state index in [1.54, 1.807) is 4.68 Å². The summed E-state index contributed by atoms with van der Waals surface area (Å²) in [6, 6.07) is -0.172. The van der Waals surface area contributed by atoms with E-state index in [0.717, 1.165) is 19.3 Å². The molecule has 1 unspecified atom stereocenters. The predicted octanol–water partition coefficient (Wildman–Crippen LogP) is 1.20. The van der Waals surface area contributed by atoms with Crippen molar-refractivity contribution in [3.8, 4) is 0 Å². The van der Waals surface area contributed by atoms with Gasteiger partial charge in [-0.3, -0.25) is 4.68 Å². The molecule has 0 saturated carbocycles. The highest BCUT2D eigenvalue weighted by Gasteiger charge is 2.23. The van der Waals surface area contributed by atoms with Gasteiger partial charge in [-0.25, -0.2) is 4.79 Å². The van der Waals surface area contributed by atoms with Crippen molar-refractivity contribution in [3.05, 3.63) is 18.0 Å². The molecule has 0 saturated heterocycles. The van der Waals surface area contributed by atoms with Crippen molar-refractivity contribution in [3.63, 3.8) is 0 Å². The van der Waals surface area contributed by atoms with E-state index < -0.39 is 0 Å². The summed E-state index contributed by atoms with van der Waals surface area (Å²) in [5.41, 5.74) is 0.829. The van der Waals surface area contributed by atoms with Crippen LogP contribution in [0.3, 0.4) is 0 Å². The number of amides is 2. The number of nitrogens with one attached hydrogen (secondary N) is 2. The van der Waals surface area contributed by atoms with Crippen LogP contribution in [0.1, 0.15) is 38.7 Å². The molecule has 114 valence electrons. The molecule has 0 fully saturated rings. The number of aliphatic hydroxyl groups excluding tert-OH is 1. The number of urea groups is 1. The van der Waals surface area contributed by atoms with E-state index in [9.17, 15) is 4.79 Å². The van der Waals surface area contributed by atoms with Crippen LogP contribution in [0.15, 0.2) is 12.4 Å². The van der Waals surface area contributed by atoms with Crippen LogP contribution < -0.4 is 10.6 Å². The topological polar surface area (TPSA) is 79.2 Å². The molecule has 0 radical (unpaired) electrons. The van der Waals surface area contributed by atoms with E-state index in [-0.39, 0.29) is 18.2 Å². The Morgan fingerprint density at radius 2 is 2.30 bits per heavy atom. The van der Waals surface area contributed by atoms with Crippen LogP contribution >= 0.6 is 0 Å².